The molecule has 2 atom stereocenters. The average Bonchev–Trinajstić information content (AvgIpc) is 2.84. The molecule has 21 heavy (non-hydrogen) atoms. The first-order valence-electron chi connectivity index (χ1n) is 6.69. The number of hydrogen-bond donors (Lipinski definition) is 2. The standard InChI is InChI=1S/C12H14F3N5O/c13-12(14,15)11-18-17-10-6-5-9(19-20(10)11)16-7-3-1-2-4-8(7)21/h5-8,21H,1-4H2,(H,16,19). The molecule has 0 amide bonds. The summed E-state index contributed by atoms with van der Waals surface area (Å²) < 4.78 is 39.0. The number of nitrogens with zero attached hydrogens (tertiary/aromatic N) is 4. The SMILES string of the molecule is OC1CCCCC1Nc1ccc2nnc(C(F)(F)F)n2n1. The predicted octanol–water partition coefficient (Wildman–Crippen LogP) is 1.86. The van der Waals surface area contributed by atoms with Crippen LogP contribution in [0.15, 0.2) is 12.1 Å². The number of anilines is 1. The maximum atomic E-state index is 12.8. The molecule has 0 saturated heterocycles. The molecule has 114 valence electrons. The molecule has 6 nitrogen and oxygen atoms in total. The highest BCUT2D eigenvalue weighted by Gasteiger charge is 2.37. The molecule has 2 unspecified atom stereocenters. The van der Waals surface area contributed by atoms with Gasteiger partial charge in [-0.2, -0.15) is 17.7 Å². The molecule has 9 heteroatoms. The van der Waals surface area contributed by atoms with Crippen molar-refractivity contribution >= 4 is 11.5 Å². The van der Waals surface area contributed by atoms with Gasteiger partial charge in [0.25, 0.3) is 5.82 Å². The highest BCUT2D eigenvalue weighted by molar-refractivity contribution is 5.44. The highest BCUT2D eigenvalue weighted by Crippen LogP contribution is 2.28. The zero-order chi connectivity index (χ0) is 15.0. The van der Waals surface area contributed by atoms with E-state index < -0.39 is 18.1 Å². The fourth-order valence-electron chi connectivity index (χ4n) is 2.51. The summed E-state index contributed by atoms with van der Waals surface area (Å²) in [5.74, 6) is -0.899. The molecule has 0 bridgehead atoms. The molecule has 2 aromatic rings. The van der Waals surface area contributed by atoms with E-state index in [0.717, 1.165) is 19.3 Å². The van der Waals surface area contributed by atoms with E-state index in [2.05, 4.69) is 20.6 Å². The van der Waals surface area contributed by atoms with Crippen molar-refractivity contribution in [3.05, 3.63) is 18.0 Å². The van der Waals surface area contributed by atoms with E-state index in [1.54, 1.807) is 0 Å². The van der Waals surface area contributed by atoms with Gasteiger partial charge < -0.3 is 10.4 Å². The third-order valence-corrected chi connectivity index (χ3v) is 3.58. The van der Waals surface area contributed by atoms with Crippen LogP contribution in [0.1, 0.15) is 31.5 Å². The minimum atomic E-state index is -4.62. The summed E-state index contributed by atoms with van der Waals surface area (Å²) in [7, 11) is 0. The van der Waals surface area contributed by atoms with Gasteiger partial charge in [-0.25, -0.2) is 0 Å². The first kappa shape index (κ1) is 14.1. The molecule has 0 radical (unpaired) electrons. The quantitative estimate of drug-likeness (QED) is 0.885. The second kappa shape index (κ2) is 5.14. The number of nitrogens with one attached hydrogen (secondary N) is 1. The number of aliphatic hydroxyl groups excluding tert-OH is 1. The summed E-state index contributed by atoms with van der Waals surface area (Å²) in [5.41, 5.74) is 0.0251. The molecule has 1 saturated carbocycles. The van der Waals surface area contributed by atoms with Crippen LogP contribution in [-0.2, 0) is 6.18 Å². The summed E-state index contributed by atoms with van der Waals surface area (Å²) >= 11 is 0. The van der Waals surface area contributed by atoms with Crippen molar-refractivity contribution in [2.45, 2.75) is 44.0 Å². The molecular formula is C12H14F3N5O. The Kier molecular flexibility index (Phi) is 3.44. The van der Waals surface area contributed by atoms with E-state index in [9.17, 15) is 18.3 Å². The highest BCUT2D eigenvalue weighted by atomic mass is 19.4. The van der Waals surface area contributed by atoms with Gasteiger partial charge in [0.1, 0.15) is 5.82 Å². The predicted molar refractivity (Wildman–Crippen MR) is 67.7 cm³/mol. The van der Waals surface area contributed by atoms with Crippen LogP contribution in [-0.4, -0.2) is 37.1 Å². The van der Waals surface area contributed by atoms with Crippen LogP contribution >= 0.6 is 0 Å². The molecule has 2 aromatic heterocycles. The van der Waals surface area contributed by atoms with Crippen LogP contribution < -0.4 is 5.32 Å². The Morgan fingerprint density at radius 3 is 2.67 bits per heavy atom. The van der Waals surface area contributed by atoms with Gasteiger partial charge in [-0.05, 0) is 25.0 Å². The van der Waals surface area contributed by atoms with Crippen molar-refractivity contribution in [1.29, 1.82) is 0 Å². The van der Waals surface area contributed by atoms with Gasteiger partial charge in [-0.1, -0.05) is 12.8 Å². The number of hydrogen-bond acceptors (Lipinski definition) is 5. The maximum Gasteiger partial charge on any atom is 0.453 e. The van der Waals surface area contributed by atoms with Crippen LogP contribution in [0, 0.1) is 0 Å². The van der Waals surface area contributed by atoms with E-state index in [1.807, 2.05) is 0 Å². The Morgan fingerprint density at radius 1 is 1.19 bits per heavy atom. The largest absolute Gasteiger partial charge is 0.453 e. The second-order valence-electron chi connectivity index (χ2n) is 5.11. The monoisotopic (exact) mass is 301 g/mol. The van der Waals surface area contributed by atoms with E-state index in [0.29, 0.717) is 10.9 Å². The third kappa shape index (κ3) is 2.78. The Balaban J connectivity index is 1.89. The molecular weight excluding hydrogens is 287 g/mol. The summed E-state index contributed by atoms with van der Waals surface area (Å²) in [6, 6.07) is 2.74. The molecule has 0 spiro atoms. The number of aromatic nitrogens is 4. The molecule has 2 heterocycles. The van der Waals surface area contributed by atoms with Gasteiger partial charge in [0.05, 0.1) is 12.1 Å². The van der Waals surface area contributed by atoms with Crippen LogP contribution in [0.25, 0.3) is 5.65 Å². The Bertz CT molecular complexity index is 641. The fraction of sp³-hybridized carbons (Fsp3) is 0.583. The number of aliphatic hydroxyl groups is 1. The van der Waals surface area contributed by atoms with Gasteiger partial charge in [0, 0.05) is 0 Å². The molecule has 2 N–H and O–H groups in total. The lowest BCUT2D eigenvalue weighted by molar-refractivity contribution is -0.146. The van der Waals surface area contributed by atoms with Gasteiger partial charge >= 0.3 is 6.18 Å². The van der Waals surface area contributed by atoms with E-state index in [1.165, 1.54) is 12.1 Å². The first-order chi connectivity index (χ1) is 9.95. The topological polar surface area (TPSA) is 75.3 Å². The van der Waals surface area contributed by atoms with Crippen molar-refractivity contribution in [3.63, 3.8) is 0 Å². The van der Waals surface area contributed by atoms with Crippen LogP contribution in [0.3, 0.4) is 0 Å². The van der Waals surface area contributed by atoms with Crippen LogP contribution in [0.4, 0.5) is 19.0 Å². The lowest BCUT2D eigenvalue weighted by atomic mass is 9.93. The average molecular weight is 301 g/mol. The van der Waals surface area contributed by atoms with Gasteiger partial charge in [0.2, 0.25) is 0 Å². The van der Waals surface area contributed by atoms with Crippen LogP contribution in [0.2, 0.25) is 0 Å². The molecule has 1 fully saturated rings. The number of alkyl halides is 3. The normalized spacial score (nSPS) is 23.4. The minimum absolute atomic E-state index is 0.0251. The third-order valence-electron chi connectivity index (χ3n) is 3.58. The lowest BCUT2D eigenvalue weighted by Crippen LogP contribution is -2.36. The van der Waals surface area contributed by atoms with E-state index in [4.69, 9.17) is 0 Å². The number of rotatable bonds is 2. The van der Waals surface area contributed by atoms with Gasteiger partial charge in [-0.15, -0.1) is 15.3 Å². The van der Waals surface area contributed by atoms with E-state index in [-0.39, 0.29) is 17.5 Å². The maximum absolute atomic E-state index is 12.8. The fourth-order valence-corrected chi connectivity index (χ4v) is 2.51. The Morgan fingerprint density at radius 2 is 1.95 bits per heavy atom. The van der Waals surface area contributed by atoms with Crippen molar-refractivity contribution in [3.8, 4) is 0 Å². The van der Waals surface area contributed by atoms with Gasteiger partial charge in [0.15, 0.2) is 5.65 Å². The Labute approximate surface area is 118 Å². The molecule has 1 aliphatic rings. The molecule has 0 aromatic carbocycles. The zero-order valence-corrected chi connectivity index (χ0v) is 11.0. The van der Waals surface area contributed by atoms with Crippen molar-refractivity contribution in [2.75, 3.05) is 5.32 Å². The van der Waals surface area contributed by atoms with Crippen molar-refractivity contribution < 1.29 is 18.3 Å². The molecule has 3 rings (SSSR count). The Hall–Kier alpha value is -1.90. The minimum Gasteiger partial charge on any atom is -0.391 e. The van der Waals surface area contributed by atoms with Crippen LogP contribution in [0.5, 0.6) is 0 Å². The smallest absolute Gasteiger partial charge is 0.391 e. The first-order valence-corrected chi connectivity index (χ1v) is 6.69. The number of halogens is 3. The molecule has 0 aliphatic heterocycles. The summed E-state index contributed by atoms with van der Waals surface area (Å²) in [6.45, 7) is 0. The lowest BCUT2D eigenvalue weighted by Gasteiger charge is -2.28. The van der Waals surface area contributed by atoms with Crippen molar-refractivity contribution in [2.24, 2.45) is 0 Å². The summed E-state index contributed by atoms with van der Waals surface area (Å²) in [4.78, 5) is 0. The summed E-state index contributed by atoms with van der Waals surface area (Å²) in [6.07, 6.45) is -1.77. The number of fused-ring (bicyclic) bond motifs is 1. The summed E-state index contributed by atoms with van der Waals surface area (Å²) in [5, 5.41) is 23.3. The van der Waals surface area contributed by atoms with Crippen molar-refractivity contribution in [1.82, 2.24) is 19.8 Å². The zero-order valence-electron chi connectivity index (χ0n) is 11.0. The van der Waals surface area contributed by atoms with E-state index >= 15 is 0 Å². The molecule has 1 aliphatic carbocycles. The van der Waals surface area contributed by atoms with Gasteiger partial charge in [-0.3, -0.25) is 0 Å². The second-order valence-corrected chi connectivity index (χ2v) is 5.11.